The second-order valence-electron chi connectivity index (χ2n) is 2.62. The molecular formula is C9H15N2. The van der Waals surface area contributed by atoms with Gasteiger partial charge in [0.2, 0.25) is 0 Å². The second kappa shape index (κ2) is 4.16. The quantitative estimate of drug-likeness (QED) is 0.644. The number of aromatic nitrogens is 2. The molecule has 0 amide bonds. The van der Waals surface area contributed by atoms with E-state index in [9.17, 15) is 0 Å². The number of rotatable bonds is 4. The Morgan fingerprint density at radius 1 is 1.64 bits per heavy atom. The molecular weight excluding hydrogens is 136 g/mol. The number of hydrogen-bond acceptors (Lipinski definition) is 1. The van der Waals surface area contributed by atoms with E-state index in [1.165, 1.54) is 5.69 Å². The molecule has 1 heterocycles. The number of aryl methyl sites for hydroxylation is 2. The predicted octanol–water partition coefficient (Wildman–Crippen LogP) is 2.06. The summed E-state index contributed by atoms with van der Waals surface area (Å²) < 4.78 is 1.96. The molecule has 1 aromatic rings. The van der Waals surface area contributed by atoms with Crippen molar-refractivity contribution in [3.05, 3.63) is 24.9 Å². The maximum Gasteiger partial charge on any atom is 0.0624 e. The van der Waals surface area contributed by atoms with E-state index in [1.807, 2.05) is 10.9 Å². The highest BCUT2D eigenvalue weighted by molar-refractivity contribution is 4.98. The van der Waals surface area contributed by atoms with Crippen molar-refractivity contribution in [2.24, 2.45) is 0 Å². The molecule has 2 heteroatoms. The van der Waals surface area contributed by atoms with Crippen molar-refractivity contribution >= 4 is 0 Å². The number of nitrogens with zero attached hydrogens (tertiary/aromatic N) is 2. The van der Waals surface area contributed by atoms with E-state index in [0.29, 0.717) is 0 Å². The summed E-state index contributed by atoms with van der Waals surface area (Å²) in [5, 5.41) is 4.36. The Kier molecular flexibility index (Phi) is 3.14. The summed E-state index contributed by atoms with van der Waals surface area (Å²) in [6.45, 7) is 6.85. The molecule has 1 radical (unpaired) electrons. The molecule has 0 N–H and O–H groups in total. The van der Waals surface area contributed by atoms with Crippen LogP contribution in [0.15, 0.2) is 12.3 Å². The van der Waals surface area contributed by atoms with Crippen molar-refractivity contribution in [1.29, 1.82) is 0 Å². The van der Waals surface area contributed by atoms with Gasteiger partial charge in [-0.1, -0.05) is 13.3 Å². The third-order valence-corrected chi connectivity index (χ3v) is 1.70. The molecule has 0 spiro atoms. The minimum absolute atomic E-state index is 0.963. The van der Waals surface area contributed by atoms with E-state index in [0.717, 1.165) is 25.8 Å². The van der Waals surface area contributed by atoms with Gasteiger partial charge < -0.3 is 0 Å². The molecule has 11 heavy (non-hydrogen) atoms. The van der Waals surface area contributed by atoms with Gasteiger partial charge in [0.25, 0.3) is 0 Å². The van der Waals surface area contributed by atoms with E-state index in [2.05, 4.69) is 25.0 Å². The lowest BCUT2D eigenvalue weighted by Gasteiger charge is -1.93. The summed E-state index contributed by atoms with van der Waals surface area (Å²) in [7, 11) is 0. The van der Waals surface area contributed by atoms with Gasteiger partial charge in [-0.3, -0.25) is 4.68 Å². The third kappa shape index (κ3) is 2.37. The van der Waals surface area contributed by atoms with E-state index in [-0.39, 0.29) is 0 Å². The topological polar surface area (TPSA) is 17.8 Å². The summed E-state index contributed by atoms with van der Waals surface area (Å²) in [4.78, 5) is 0. The zero-order valence-corrected chi connectivity index (χ0v) is 7.08. The maximum atomic E-state index is 4.36. The standard InChI is InChI=1S/C9H15N2/c1-3-5-6-9-7-8-11(4-2)10-9/h7-8H,1,3-6H2,2H3. The molecule has 1 aromatic heterocycles. The van der Waals surface area contributed by atoms with Gasteiger partial charge in [0.1, 0.15) is 0 Å². The summed E-state index contributed by atoms with van der Waals surface area (Å²) in [6.07, 6.45) is 5.23. The van der Waals surface area contributed by atoms with Crippen molar-refractivity contribution in [2.45, 2.75) is 32.7 Å². The fourth-order valence-electron chi connectivity index (χ4n) is 1.02. The van der Waals surface area contributed by atoms with Crippen LogP contribution in [0.2, 0.25) is 0 Å². The second-order valence-corrected chi connectivity index (χ2v) is 2.62. The zero-order valence-electron chi connectivity index (χ0n) is 7.08. The van der Waals surface area contributed by atoms with E-state index >= 15 is 0 Å². The van der Waals surface area contributed by atoms with Crippen molar-refractivity contribution in [3.8, 4) is 0 Å². The minimum Gasteiger partial charge on any atom is -0.273 e. The van der Waals surface area contributed by atoms with Gasteiger partial charge in [0.05, 0.1) is 5.69 Å². The molecule has 0 aliphatic carbocycles. The highest BCUT2D eigenvalue weighted by Crippen LogP contribution is 2.01. The Morgan fingerprint density at radius 2 is 2.45 bits per heavy atom. The average Bonchev–Trinajstić information content (AvgIpc) is 2.48. The molecule has 0 aromatic carbocycles. The van der Waals surface area contributed by atoms with E-state index < -0.39 is 0 Å². The first kappa shape index (κ1) is 8.31. The molecule has 0 aliphatic rings. The van der Waals surface area contributed by atoms with Crippen LogP contribution in [-0.2, 0) is 13.0 Å². The van der Waals surface area contributed by atoms with Crippen LogP contribution in [0, 0.1) is 6.92 Å². The Bertz CT molecular complexity index is 203. The van der Waals surface area contributed by atoms with Crippen LogP contribution in [0.4, 0.5) is 0 Å². The third-order valence-electron chi connectivity index (χ3n) is 1.70. The van der Waals surface area contributed by atoms with Crippen LogP contribution in [0.25, 0.3) is 0 Å². The molecule has 0 atom stereocenters. The van der Waals surface area contributed by atoms with Crippen LogP contribution in [-0.4, -0.2) is 9.78 Å². The lowest BCUT2D eigenvalue weighted by molar-refractivity contribution is 0.641. The molecule has 61 valence electrons. The summed E-state index contributed by atoms with van der Waals surface area (Å²) in [6, 6.07) is 2.08. The number of hydrogen-bond donors (Lipinski definition) is 0. The molecule has 0 saturated heterocycles. The largest absolute Gasteiger partial charge is 0.273 e. The van der Waals surface area contributed by atoms with Gasteiger partial charge in [-0.05, 0) is 25.8 Å². The highest BCUT2D eigenvalue weighted by atomic mass is 15.3. The fourth-order valence-corrected chi connectivity index (χ4v) is 1.02. The van der Waals surface area contributed by atoms with Crippen LogP contribution in [0.1, 0.15) is 25.5 Å². The van der Waals surface area contributed by atoms with E-state index in [4.69, 9.17) is 0 Å². The highest BCUT2D eigenvalue weighted by Gasteiger charge is 1.95. The molecule has 2 nitrogen and oxygen atoms in total. The summed E-state index contributed by atoms with van der Waals surface area (Å²) in [5.74, 6) is 0. The lowest BCUT2D eigenvalue weighted by Crippen LogP contribution is -1.95. The Balaban J connectivity index is 2.44. The summed E-state index contributed by atoms with van der Waals surface area (Å²) in [5.41, 5.74) is 1.19. The predicted molar refractivity (Wildman–Crippen MR) is 46.2 cm³/mol. The average molecular weight is 151 g/mol. The first-order chi connectivity index (χ1) is 5.36. The minimum atomic E-state index is 0.963. The molecule has 0 saturated carbocycles. The van der Waals surface area contributed by atoms with Crippen LogP contribution in [0.3, 0.4) is 0 Å². The Hall–Kier alpha value is -0.790. The van der Waals surface area contributed by atoms with E-state index in [1.54, 1.807) is 0 Å². The van der Waals surface area contributed by atoms with Gasteiger partial charge in [0, 0.05) is 12.7 Å². The Morgan fingerprint density at radius 3 is 3.00 bits per heavy atom. The van der Waals surface area contributed by atoms with Gasteiger partial charge in [0.15, 0.2) is 0 Å². The molecule has 1 rings (SSSR count). The molecule has 0 bridgehead atoms. The lowest BCUT2D eigenvalue weighted by atomic mass is 10.2. The summed E-state index contributed by atoms with van der Waals surface area (Å²) >= 11 is 0. The van der Waals surface area contributed by atoms with Gasteiger partial charge >= 0.3 is 0 Å². The van der Waals surface area contributed by atoms with Crippen LogP contribution < -0.4 is 0 Å². The Labute approximate surface area is 68.2 Å². The van der Waals surface area contributed by atoms with Gasteiger partial charge in [-0.2, -0.15) is 5.10 Å². The zero-order chi connectivity index (χ0) is 8.10. The van der Waals surface area contributed by atoms with Crippen molar-refractivity contribution in [3.63, 3.8) is 0 Å². The van der Waals surface area contributed by atoms with Gasteiger partial charge in [-0.15, -0.1) is 0 Å². The van der Waals surface area contributed by atoms with Crippen molar-refractivity contribution < 1.29 is 0 Å². The first-order valence-electron chi connectivity index (χ1n) is 4.18. The normalized spacial score (nSPS) is 10.4. The van der Waals surface area contributed by atoms with Crippen LogP contribution in [0.5, 0.6) is 0 Å². The molecule has 0 aliphatic heterocycles. The maximum absolute atomic E-state index is 4.36. The first-order valence-corrected chi connectivity index (χ1v) is 4.18. The van der Waals surface area contributed by atoms with Crippen molar-refractivity contribution in [2.75, 3.05) is 0 Å². The van der Waals surface area contributed by atoms with Crippen molar-refractivity contribution in [1.82, 2.24) is 9.78 Å². The smallest absolute Gasteiger partial charge is 0.0624 e. The number of unbranched alkanes of at least 4 members (excludes halogenated alkanes) is 1. The SMILES string of the molecule is [CH2]CCCc1ccn(CC)n1. The van der Waals surface area contributed by atoms with Crippen LogP contribution >= 0.6 is 0 Å². The fraction of sp³-hybridized carbons (Fsp3) is 0.556. The molecule has 0 unspecified atom stereocenters. The monoisotopic (exact) mass is 151 g/mol. The molecule has 0 fully saturated rings. The van der Waals surface area contributed by atoms with Gasteiger partial charge in [-0.25, -0.2) is 0 Å².